The van der Waals surface area contributed by atoms with E-state index in [0.29, 0.717) is 99.1 Å². The summed E-state index contributed by atoms with van der Waals surface area (Å²) in [6.45, 7) is 9.61. The van der Waals surface area contributed by atoms with Gasteiger partial charge in [0.15, 0.2) is 0 Å². The van der Waals surface area contributed by atoms with Crippen LogP contribution in [0.15, 0.2) is 0 Å². The van der Waals surface area contributed by atoms with E-state index >= 15 is 0 Å². The molecule has 8 nitrogen and oxygen atoms in total. The van der Waals surface area contributed by atoms with Gasteiger partial charge >= 0.3 is 0 Å². The van der Waals surface area contributed by atoms with Crippen LogP contribution in [-0.2, 0) is 37.9 Å². The Bertz CT molecular complexity index is 302. The second kappa shape index (κ2) is 31.9. The summed E-state index contributed by atoms with van der Waals surface area (Å²) in [5.74, 6) is 0. The van der Waals surface area contributed by atoms with Gasteiger partial charge in [-0.2, -0.15) is 0 Å². The molecule has 0 aliphatic carbocycles. The SMILES string of the molecule is BrCCOCCOCCOCCOCCOCCOCCOCCOCCCCCCI. The fraction of sp³-hybridized carbons (Fsp3) is 1.00. The minimum absolute atomic E-state index is 0.548. The molecule has 0 saturated heterocycles. The summed E-state index contributed by atoms with van der Waals surface area (Å²) in [7, 11) is 0. The topological polar surface area (TPSA) is 73.8 Å². The standard InChI is InChI=1S/C22H44BrIO8/c23-5-8-26-10-12-28-14-16-30-18-20-32-22-21-31-19-17-29-15-13-27-11-9-25-7-4-2-1-3-6-24/h1-22H2. The van der Waals surface area contributed by atoms with Crippen molar-refractivity contribution in [1.82, 2.24) is 0 Å². The van der Waals surface area contributed by atoms with E-state index in [1.165, 1.54) is 23.7 Å². The molecule has 194 valence electrons. The Morgan fingerprint density at radius 1 is 0.344 bits per heavy atom. The lowest BCUT2D eigenvalue weighted by molar-refractivity contribution is -0.0228. The van der Waals surface area contributed by atoms with Gasteiger partial charge in [0.1, 0.15) is 0 Å². The van der Waals surface area contributed by atoms with Gasteiger partial charge < -0.3 is 37.9 Å². The molecule has 0 aromatic carbocycles. The molecule has 0 bridgehead atoms. The van der Waals surface area contributed by atoms with E-state index in [1.54, 1.807) is 0 Å². The lowest BCUT2D eigenvalue weighted by Crippen LogP contribution is -2.15. The van der Waals surface area contributed by atoms with Crippen molar-refractivity contribution in [3.05, 3.63) is 0 Å². The maximum atomic E-state index is 5.54. The Labute approximate surface area is 216 Å². The third-order valence-electron chi connectivity index (χ3n) is 4.00. The van der Waals surface area contributed by atoms with E-state index in [1.807, 2.05) is 0 Å². The number of hydrogen-bond acceptors (Lipinski definition) is 8. The fourth-order valence-electron chi connectivity index (χ4n) is 2.35. The highest BCUT2D eigenvalue weighted by atomic mass is 127. The largest absolute Gasteiger partial charge is 0.379 e. The van der Waals surface area contributed by atoms with E-state index in [9.17, 15) is 0 Å². The molecule has 0 amide bonds. The molecular formula is C22H44BrIO8. The molecule has 0 aliphatic heterocycles. The average molecular weight is 643 g/mol. The van der Waals surface area contributed by atoms with Crippen LogP contribution in [0.4, 0.5) is 0 Å². The lowest BCUT2D eigenvalue weighted by atomic mass is 10.2. The molecule has 0 spiro atoms. The predicted molar refractivity (Wildman–Crippen MR) is 138 cm³/mol. The second-order valence-corrected chi connectivity index (χ2v) is 8.56. The van der Waals surface area contributed by atoms with Crippen LogP contribution in [0.1, 0.15) is 25.7 Å². The van der Waals surface area contributed by atoms with Crippen molar-refractivity contribution < 1.29 is 37.9 Å². The molecule has 0 aromatic heterocycles. The van der Waals surface area contributed by atoms with Gasteiger partial charge in [0, 0.05) is 11.9 Å². The van der Waals surface area contributed by atoms with E-state index in [2.05, 4.69) is 38.5 Å². The minimum atomic E-state index is 0.548. The first-order valence-electron chi connectivity index (χ1n) is 11.7. The van der Waals surface area contributed by atoms with E-state index in [0.717, 1.165) is 18.4 Å². The van der Waals surface area contributed by atoms with Gasteiger partial charge in [-0.3, -0.25) is 0 Å². The van der Waals surface area contributed by atoms with E-state index in [-0.39, 0.29) is 0 Å². The van der Waals surface area contributed by atoms with Gasteiger partial charge in [0.25, 0.3) is 0 Å². The van der Waals surface area contributed by atoms with Crippen molar-refractivity contribution in [2.24, 2.45) is 0 Å². The van der Waals surface area contributed by atoms with E-state index in [4.69, 9.17) is 37.9 Å². The first-order chi connectivity index (χ1) is 15.9. The van der Waals surface area contributed by atoms with Crippen molar-refractivity contribution in [3.63, 3.8) is 0 Å². The van der Waals surface area contributed by atoms with Crippen molar-refractivity contribution in [2.45, 2.75) is 25.7 Å². The molecule has 0 aromatic rings. The summed E-state index contributed by atoms with van der Waals surface area (Å²) in [5, 5.41) is 0.847. The van der Waals surface area contributed by atoms with Gasteiger partial charge in [-0.1, -0.05) is 51.4 Å². The molecular weight excluding hydrogens is 599 g/mol. The quantitative estimate of drug-likeness (QED) is 0.0698. The van der Waals surface area contributed by atoms with Crippen LogP contribution >= 0.6 is 38.5 Å². The van der Waals surface area contributed by atoms with Crippen LogP contribution in [0.5, 0.6) is 0 Å². The molecule has 0 radical (unpaired) electrons. The van der Waals surface area contributed by atoms with Crippen LogP contribution in [0.25, 0.3) is 0 Å². The molecule has 0 saturated carbocycles. The normalized spacial score (nSPS) is 11.4. The third-order valence-corrected chi connectivity index (χ3v) is 5.08. The van der Waals surface area contributed by atoms with Crippen molar-refractivity contribution in [1.29, 1.82) is 0 Å². The van der Waals surface area contributed by atoms with Gasteiger partial charge in [0.05, 0.1) is 99.1 Å². The molecule has 0 atom stereocenters. The zero-order valence-corrected chi connectivity index (χ0v) is 23.3. The molecule has 0 heterocycles. The summed E-state index contributed by atoms with van der Waals surface area (Å²) < 4.78 is 44.7. The number of hydrogen-bond donors (Lipinski definition) is 0. The minimum Gasteiger partial charge on any atom is -0.379 e. The van der Waals surface area contributed by atoms with Crippen LogP contribution in [0.3, 0.4) is 0 Å². The predicted octanol–water partition coefficient (Wildman–Crippen LogP) is 3.51. The first kappa shape index (κ1) is 32.9. The fourth-order valence-corrected chi connectivity index (χ4v) is 3.12. The Morgan fingerprint density at radius 2 is 0.625 bits per heavy atom. The summed E-state index contributed by atoms with van der Waals surface area (Å²) in [5.41, 5.74) is 0. The highest BCUT2D eigenvalue weighted by molar-refractivity contribution is 14.1. The monoisotopic (exact) mass is 642 g/mol. The summed E-state index contributed by atoms with van der Waals surface area (Å²) in [6, 6.07) is 0. The highest BCUT2D eigenvalue weighted by Gasteiger charge is 1.95. The van der Waals surface area contributed by atoms with Crippen LogP contribution < -0.4 is 0 Å². The van der Waals surface area contributed by atoms with Crippen LogP contribution in [-0.4, -0.2) is 115 Å². The molecule has 0 N–H and O–H groups in total. The number of halogens is 2. The maximum absolute atomic E-state index is 5.54. The van der Waals surface area contributed by atoms with Crippen LogP contribution in [0.2, 0.25) is 0 Å². The van der Waals surface area contributed by atoms with Gasteiger partial charge in [0.2, 0.25) is 0 Å². The zero-order chi connectivity index (χ0) is 23.2. The maximum Gasteiger partial charge on any atom is 0.0701 e. The smallest absolute Gasteiger partial charge is 0.0701 e. The number of unbranched alkanes of at least 4 members (excludes halogenated alkanes) is 3. The van der Waals surface area contributed by atoms with Crippen LogP contribution in [0, 0.1) is 0 Å². The van der Waals surface area contributed by atoms with Crippen molar-refractivity contribution in [2.75, 3.05) is 115 Å². The number of rotatable bonds is 29. The molecule has 0 fully saturated rings. The molecule has 10 heteroatoms. The van der Waals surface area contributed by atoms with Crippen molar-refractivity contribution >= 4 is 38.5 Å². The number of ether oxygens (including phenoxy) is 8. The highest BCUT2D eigenvalue weighted by Crippen LogP contribution is 2.02. The Morgan fingerprint density at radius 3 is 0.938 bits per heavy atom. The zero-order valence-electron chi connectivity index (χ0n) is 19.6. The first-order valence-corrected chi connectivity index (χ1v) is 14.3. The Hall–Kier alpha value is 0.890. The van der Waals surface area contributed by atoms with Crippen molar-refractivity contribution in [3.8, 4) is 0 Å². The third kappa shape index (κ3) is 30.9. The molecule has 0 unspecified atom stereocenters. The number of alkyl halides is 2. The van der Waals surface area contributed by atoms with Gasteiger partial charge in [-0.25, -0.2) is 0 Å². The summed E-state index contributed by atoms with van der Waals surface area (Å²) >= 11 is 5.72. The summed E-state index contributed by atoms with van der Waals surface area (Å²) in [4.78, 5) is 0. The van der Waals surface area contributed by atoms with E-state index < -0.39 is 0 Å². The molecule has 0 aliphatic rings. The van der Waals surface area contributed by atoms with Gasteiger partial charge in [-0.15, -0.1) is 0 Å². The summed E-state index contributed by atoms with van der Waals surface area (Å²) in [6.07, 6.45) is 5.01. The molecule has 0 rings (SSSR count). The van der Waals surface area contributed by atoms with Gasteiger partial charge in [-0.05, 0) is 17.3 Å². The average Bonchev–Trinajstić information content (AvgIpc) is 2.81. The Balaban J connectivity index is 2.98. The lowest BCUT2D eigenvalue weighted by Gasteiger charge is -2.08. The molecule has 32 heavy (non-hydrogen) atoms. The Kier molecular flexibility index (Phi) is 32.8. The second-order valence-electron chi connectivity index (χ2n) is 6.69.